The zero-order valence-corrected chi connectivity index (χ0v) is 12.0. The van der Waals surface area contributed by atoms with Crippen LogP contribution in [0.3, 0.4) is 0 Å². The predicted molar refractivity (Wildman–Crippen MR) is 75.3 cm³/mol. The van der Waals surface area contributed by atoms with Gasteiger partial charge >= 0.3 is 0 Å². The highest BCUT2D eigenvalue weighted by Gasteiger charge is 2.14. The third kappa shape index (κ3) is 4.00. The molecule has 0 aromatic heterocycles. The minimum absolute atomic E-state index is 0.0659. The maximum absolute atomic E-state index is 12.3. The van der Waals surface area contributed by atoms with E-state index in [-0.39, 0.29) is 5.91 Å². The lowest BCUT2D eigenvalue weighted by Gasteiger charge is -2.20. The van der Waals surface area contributed by atoms with Crippen LogP contribution in [0.15, 0.2) is 35.3 Å². The summed E-state index contributed by atoms with van der Waals surface area (Å²) < 4.78 is 0.941. The first-order valence-electron chi connectivity index (χ1n) is 5.75. The van der Waals surface area contributed by atoms with E-state index in [1.165, 1.54) is 0 Å². The average molecular weight is 296 g/mol. The third-order valence-electron chi connectivity index (χ3n) is 2.42. The molecule has 3 heteroatoms. The molecule has 0 heterocycles. The van der Waals surface area contributed by atoms with Crippen molar-refractivity contribution >= 4 is 21.8 Å². The van der Waals surface area contributed by atoms with Crippen LogP contribution in [0.5, 0.6) is 0 Å². The minimum atomic E-state index is 0.0659. The van der Waals surface area contributed by atoms with Gasteiger partial charge in [-0.05, 0) is 37.1 Å². The van der Waals surface area contributed by atoms with Crippen molar-refractivity contribution in [1.82, 2.24) is 4.90 Å². The van der Waals surface area contributed by atoms with Crippen molar-refractivity contribution in [2.45, 2.75) is 20.3 Å². The SMILES string of the molecule is C=CCN(CCC)C(=O)c1cc(C)cc(Br)c1. The van der Waals surface area contributed by atoms with E-state index in [0.29, 0.717) is 6.54 Å². The molecule has 0 aliphatic heterocycles. The largest absolute Gasteiger partial charge is 0.335 e. The number of carbonyl (C=O) groups is 1. The van der Waals surface area contributed by atoms with Crippen molar-refractivity contribution in [2.24, 2.45) is 0 Å². The van der Waals surface area contributed by atoms with Crippen molar-refractivity contribution < 1.29 is 4.79 Å². The van der Waals surface area contributed by atoms with Crippen molar-refractivity contribution in [3.63, 3.8) is 0 Å². The first kappa shape index (κ1) is 14.0. The van der Waals surface area contributed by atoms with Crippen LogP contribution >= 0.6 is 15.9 Å². The second-order valence-electron chi connectivity index (χ2n) is 4.06. The number of aryl methyl sites for hydroxylation is 1. The molecule has 2 nitrogen and oxygen atoms in total. The van der Waals surface area contributed by atoms with Crippen molar-refractivity contribution in [3.05, 3.63) is 46.5 Å². The van der Waals surface area contributed by atoms with E-state index in [2.05, 4.69) is 29.4 Å². The Labute approximate surface area is 111 Å². The first-order valence-corrected chi connectivity index (χ1v) is 6.55. The van der Waals surface area contributed by atoms with E-state index in [1.807, 2.05) is 30.0 Å². The summed E-state index contributed by atoms with van der Waals surface area (Å²) in [5.41, 5.74) is 1.81. The summed E-state index contributed by atoms with van der Waals surface area (Å²) in [4.78, 5) is 14.1. The fourth-order valence-corrected chi connectivity index (χ4v) is 2.35. The van der Waals surface area contributed by atoms with Gasteiger partial charge < -0.3 is 4.90 Å². The van der Waals surface area contributed by atoms with Gasteiger partial charge in [-0.1, -0.05) is 28.9 Å². The number of hydrogen-bond donors (Lipinski definition) is 0. The molecule has 17 heavy (non-hydrogen) atoms. The van der Waals surface area contributed by atoms with Crippen LogP contribution in [0.1, 0.15) is 29.3 Å². The summed E-state index contributed by atoms with van der Waals surface area (Å²) in [5.74, 6) is 0.0659. The molecule has 1 rings (SSSR count). The van der Waals surface area contributed by atoms with Crippen LogP contribution in [-0.2, 0) is 0 Å². The maximum Gasteiger partial charge on any atom is 0.254 e. The lowest BCUT2D eigenvalue weighted by atomic mass is 10.1. The summed E-state index contributed by atoms with van der Waals surface area (Å²) in [6, 6.07) is 5.77. The lowest BCUT2D eigenvalue weighted by molar-refractivity contribution is 0.0774. The molecule has 1 aromatic carbocycles. The molecule has 0 spiro atoms. The van der Waals surface area contributed by atoms with Gasteiger partial charge in [0.25, 0.3) is 5.91 Å². The minimum Gasteiger partial charge on any atom is -0.335 e. The predicted octanol–water partition coefficient (Wildman–Crippen LogP) is 3.80. The Hall–Kier alpha value is -1.09. The number of nitrogens with zero attached hydrogens (tertiary/aromatic N) is 1. The smallest absolute Gasteiger partial charge is 0.254 e. The molecular weight excluding hydrogens is 278 g/mol. The summed E-state index contributed by atoms with van der Waals surface area (Å²) in [6.45, 7) is 9.10. The molecule has 0 aliphatic rings. The van der Waals surface area contributed by atoms with E-state index >= 15 is 0 Å². The highest BCUT2D eigenvalue weighted by molar-refractivity contribution is 9.10. The van der Waals surface area contributed by atoms with E-state index in [9.17, 15) is 4.79 Å². The zero-order chi connectivity index (χ0) is 12.8. The molecule has 92 valence electrons. The Morgan fingerprint density at radius 1 is 1.47 bits per heavy atom. The van der Waals surface area contributed by atoms with Gasteiger partial charge in [-0.3, -0.25) is 4.79 Å². The van der Waals surface area contributed by atoms with Gasteiger partial charge in [-0.15, -0.1) is 6.58 Å². The standard InChI is InChI=1S/C14H18BrNO/c1-4-6-16(7-5-2)14(17)12-8-11(3)9-13(15)10-12/h4,8-10H,1,5-7H2,2-3H3. The van der Waals surface area contributed by atoms with Gasteiger partial charge in [0.15, 0.2) is 0 Å². The molecule has 1 amide bonds. The summed E-state index contributed by atoms with van der Waals surface area (Å²) >= 11 is 3.42. The molecule has 0 bridgehead atoms. The van der Waals surface area contributed by atoms with Crippen LogP contribution in [0.4, 0.5) is 0 Å². The molecule has 0 aliphatic carbocycles. The van der Waals surface area contributed by atoms with E-state index < -0.39 is 0 Å². The molecule has 0 radical (unpaired) electrons. The van der Waals surface area contributed by atoms with Gasteiger partial charge in [0.2, 0.25) is 0 Å². The number of hydrogen-bond acceptors (Lipinski definition) is 1. The van der Waals surface area contributed by atoms with E-state index in [4.69, 9.17) is 0 Å². The topological polar surface area (TPSA) is 20.3 Å². The van der Waals surface area contributed by atoms with Crippen LogP contribution < -0.4 is 0 Å². The van der Waals surface area contributed by atoms with Crippen LogP contribution in [0.25, 0.3) is 0 Å². The quantitative estimate of drug-likeness (QED) is 0.757. The fourth-order valence-electron chi connectivity index (χ4n) is 1.74. The highest BCUT2D eigenvalue weighted by Crippen LogP contribution is 2.17. The second-order valence-corrected chi connectivity index (χ2v) is 4.97. The van der Waals surface area contributed by atoms with Crippen LogP contribution in [-0.4, -0.2) is 23.9 Å². The molecule has 0 atom stereocenters. The molecule has 0 fully saturated rings. The molecule has 1 aromatic rings. The van der Waals surface area contributed by atoms with Crippen molar-refractivity contribution in [2.75, 3.05) is 13.1 Å². The molecule has 0 saturated heterocycles. The Bertz CT molecular complexity index is 394. The summed E-state index contributed by atoms with van der Waals surface area (Å²) in [7, 11) is 0. The van der Waals surface area contributed by atoms with Gasteiger partial charge in [-0.2, -0.15) is 0 Å². The van der Waals surface area contributed by atoms with Gasteiger partial charge in [0.05, 0.1) is 0 Å². The van der Waals surface area contributed by atoms with Crippen molar-refractivity contribution in [3.8, 4) is 0 Å². The zero-order valence-electron chi connectivity index (χ0n) is 10.4. The average Bonchev–Trinajstić information content (AvgIpc) is 2.26. The molecule has 0 saturated carbocycles. The Kier molecular flexibility index (Phi) is 5.42. The number of amides is 1. The fraction of sp³-hybridized carbons (Fsp3) is 0.357. The van der Waals surface area contributed by atoms with E-state index in [1.54, 1.807) is 6.08 Å². The third-order valence-corrected chi connectivity index (χ3v) is 2.88. The first-order chi connectivity index (χ1) is 8.08. The number of halogens is 1. The molecular formula is C14H18BrNO. The second kappa shape index (κ2) is 6.60. The van der Waals surface area contributed by atoms with Crippen LogP contribution in [0, 0.1) is 6.92 Å². The van der Waals surface area contributed by atoms with Gasteiger partial charge in [-0.25, -0.2) is 0 Å². The van der Waals surface area contributed by atoms with Gasteiger partial charge in [0, 0.05) is 23.1 Å². The van der Waals surface area contributed by atoms with E-state index in [0.717, 1.165) is 28.6 Å². The normalized spacial score (nSPS) is 10.1. The molecule has 0 unspecified atom stereocenters. The monoisotopic (exact) mass is 295 g/mol. The number of benzene rings is 1. The number of rotatable bonds is 5. The highest BCUT2D eigenvalue weighted by atomic mass is 79.9. The number of carbonyl (C=O) groups excluding carboxylic acids is 1. The molecule has 0 N–H and O–H groups in total. The summed E-state index contributed by atoms with van der Waals surface area (Å²) in [5, 5.41) is 0. The lowest BCUT2D eigenvalue weighted by Crippen LogP contribution is -2.31. The Balaban J connectivity index is 2.95. The van der Waals surface area contributed by atoms with Gasteiger partial charge in [0.1, 0.15) is 0 Å². The van der Waals surface area contributed by atoms with Crippen LogP contribution in [0.2, 0.25) is 0 Å². The van der Waals surface area contributed by atoms with Crippen molar-refractivity contribution in [1.29, 1.82) is 0 Å². The Morgan fingerprint density at radius 3 is 2.71 bits per heavy atom. The summed E-state index contributed by atoms with van der Waals surface area (Å²) in [6.07, 6.45) is 2.71. The maximum atomic E-state index is 12.3. The Morgan fingerprint density at radius 2 is 2.18 bits per heavy atom.